The van der Waals surface area contributed by atoms with Gasteiger partial charge < -0.3 is 5.32 Å². The van der Waals surface area contributed by atoms with Crippen molar-refractivity contribution in [3.63, 3.8) is 0 Å². The molecule has 4 nitrogen and oxygen atoms in total. The van der Waals surface area contributed by atoms with Gasteiger partial charge >= 0.3 is 0 Å². The fraction of sp³-hybridized carbons (Fsp3) is 0.238. The summed E-state index contributed by atoms with van der Waals surface area (Å²) < 4.78 is 15.0. The molecule has 0 fully saturated rings. The number of nitrogens with one attached hydrogen (secondary N) is 1. The van der Waals surface area contributed by atoms with Crippen LogP contribution in [0.1, 0.15) is 35.0 Å². The molecule has 27 heavy (non-hydrogen) atoms. The quantitative estimate of drug-likeness (QED) is 0.646. The summed E-state index contributed by atoms with van der Waals surface area (Å²) in [6.07, 6.45) is 3.78. The van der Waals surface area contributed by atoms with Gasteiger partial charge in [-0.3, -0.25) is 4.79 Å². The lowest BCUT2D eigenvalue weighted by Gasteiger charge is -2.10. The van der Waals surface area contributed by atoms with Crippen LogP contribution >= 0.6 is 11.6 Å². The molecule has 0 aliphatic carbocycles. The minimum Gasteiger partial charge on any atom is -0.352 e. The number of carbonyl (C=O) groups excluding carboxylic acids is 1. The molecular formula is C21H21ClFN3O. The largest absolute Gasteiger partial charge is 0.352 e. The maximum Gasteiger partial charge on any atom is 0.254 e. The van der Waals surface area contributed by atoms with Gasteiger partial charge in [0.05, 0.1) is 23.1 Å². The predicted octanol–water partition coefficient (Wildman–Crippen LogP) is 4.59. The topological polar surface area (TPSA) is 46.9 Å². The maximum absolute atomic E-state index is 13.2. The number of halogens is 2. The summed E-state index contributed by atoms with van der Waals surface area (Å²) in [7, 11) is 0. The van der Waals surface area contributed by atoms with Crippen LogP contribution in [0.2, 0.25) is 5.02 Å². The first-order valence-corrected chi connectivity index (χ1v) is 9.31. The summed E-state index contributed by atoms with van der Waals surface area (Å²) in [6.45, 7) is 2.49. The van der Waals surface area contributed by atoms with Gasteiger partial charge in [0.2, 0.25) is 0 Å². The van der Waals surface area contributed by atoms with E-state index in [-0.39, 0.29) is 11.7 Å². The zero-order valence-corrected chi connectivity index (χ0v) is 15.8. The second-order valence-corrected chi connectivity index (χ2v) is 6.72. The number of rotatable bonds is 7. The number of benzene rings is 2. The van der Waals surface area contributed by atoms with Crippen LogP contribution in [0.4, 0.5) is 4.39 Å². The SMILES string of the molecule is CCCc1c(C(=O)NCCc2cccc(F)c2)cnn1-c1ccc(Cl)cc1. The summed E-state index contributed by atoms with van der Waals surface area (Å²) in [4.78, 5) is 12.6. The van der Waals surface area contributed by atoms with Crippen molar-refractivity contribution in [3.05, 3.63) is 82.4 Å². The van der Waals surface area contributed by atoms with E-state index >= 15 is 0 Å². The first-order valence-electron chi connectivity index (χ1n) is 8.94. The monoisotopic (exact) mass is 385 g/mol. The molecule has 3 rings (SSSR count). The van der Waals surface area contributed by atoms with Crippen molar-refractivity contribution >= 4 is 17.5 Å². The van der Waals surface area contributed by atoms with Gasteiger partial charge in [-0.25, -0.2) is 9.07 Å². The molecule has 0 unspecified atom stereocenters. The third-order valence-electron chi connectivity index (χ3n) is 4.26. The zero-order chi connectivity index (χ0) is 19.2. The second kappa shape index (κ2) is 8.82. The van der Waals surface area contributed by atoms with E-state index in [9.17, 15) is 9.18 Å². The van der Waals surface area contributed by atoms with Crippen LogP contribution in [-0.4, -0.2) is 22.2 Å². The van der Waals surface area contributed by atoms with Crippen molar-refractivity contribution in [1.82, 2.24) is 15.1 Å². The zero-order valence-electron chi connectivity index (χ0n) is 15.1. The molecule has 0 bridgehead atoms. The lowest BCUT2D eigenvalue weighted by atomic mass is 10.1. The molecule has 0 saturated heterocycles. The number of hydrogen-bond acceptors (Lipinski definition) is 2. The molecule has 140 valence electrons. The average molecular weight is 386 g/mol. The highest BCUT2D eigenvalue weighted by atomic mass is 35.5. The summed E-state index contributed by atoms with van der Waals surface area (Å²) >= 11 is 5.96. The third kappa shape index (κ3) is 4.74. The highest BCUT2D eigenvalue weighted by Gasteiger charge is 2.17. The van der Waals surface area contributed by atoms with E-state index in [2.05, 4.69) is 17.3 Å². The van der Waals surface area contributed by atoms with Crippen LogP contribution in [-0.2, 0) is 12.8 Å². The Morgan fingerprint density at radius 2 is 1.96 bits per heavy atom. The number of aromatic nitrogens is 2. The van der Waals surface area contributed by atoms with Crippen molar-refractivity contribution in [2.45, 2.75) is 26.2 Å². The molecule has 1 heterocycles. The lowest BCUT2D eigenvalue weighted by Crippen LogP contribution is -2.26. The predicted molar refractivity (Wildman–Crippen MR) is 105 cm³/mol. The van der Waals surface area contributed by atoms with Crippen LogP contribution in [0, 0.1) is 5.82 Å². The van der Waals surface area contributed by atoms with Crippen molar-refractivity contribution in [2.24, 2.45) is 0 Å². The fourth-order valence-corrected chi connectivity index (χ4v) is 3.08. The van der Waals surface area contributed by atoms with Crippen LogP contribution in [0.3, 0.4) is 0 Å². The third-order valence-corrected chi connectivity index (χ3v) is 4.51. The molecule has 0 atom stereocenters. The van der Waals surface area contributed by atoms with Crippen molar-refractivity contribution < 1.29 is 9.18 Å². The minimum absolute atomic E-state index is 0.171. The van der Waals surface area contributed by atoms with Crippen molar-refractivity contribution in [1.29, 1.82) is 0 Å². The Bertz CT molecular complexity index is 921. The first-order chi connectivity index (χ1) is 13.1. The van der Waals surface area contributed by atoms with E-state index in [1.54, 1.807) is 29.1 Å². The Morgan fingerprint density at radius 1 is 1.19 bits per heavy atom. The van der Waals surface area contributed by atoms with E-state index in [4.69, 9.17) is 11.6 Å². The second-order valence-electron chi connectivity index (χ2n) is 6.28. The van der Waals surface area contributed by atoms with Gasteiger partial charge in [0.15, 0.2) is 0 Å². The molecule has 1 aromatic heterocycles. The summed E-state index contributed by atoms with van der Waals surface area (Å²) in [6, 6.07) is 13.7. The highest BCUT2D eigenvalue weighted by molar-refractivity contribution is 6.30. The normalized spacial score (nSPS) is 10.8. The minimum atomic E-state index is -0.270. The molecule has 3 aromatic rings. The maximum atomic E-state index is 13.2. The Labute approximate surface area is 163 Å². The first kappa shape index (κ1) is 19.1. The molecule has 0 radical (unpaired) electrons. The fourth-order valence-electron chi connectivity index (χ4n) is 2.95. The Hall–Kier alpha value is -2.66. The van der Waals surface area contributed by atoms with E-state index < -0.39 is 0 Å². The lowest BCUT2D eigenvalue weighted by molar-refractivity contribution is 0.0953. The van der Waals surface area contributed by atoms with Crippen LogP contribution in [0.25, 0.3) is 5.69 Å². The summed E-state index contributed by atoms with van der Waals surface area (Å²) in [5, 5.41) is 7.95. The van der Waals surface area contributed by atoms with Crippen LogP contribution < -0.4 is 5.32 Å². The van der Waals surface area contributed by atoms with Crippen LogP contribution in [0.15, 0.2) is 54.7 Å². The van der Waals surface area contributed by atoms with Gasteiger partial charge in [-0.2, -0.15) is 5.10 Å². The van der Waals surface area contributed by atoms with E-state index in [0.717, 1.165) is 29.8 Å². The molecule has 6 heteroatoms. The summed E-state index contributed by atoms with van der Waals surface area (Å²) in [5.74, 6) is -0.441. The van der Waals surface area contributed by atoms with Gasteiger partial charge in [0.25, 0.3) is 5.91 Å². The highest BCUT2D eigenvalue weighted by Crippen LogP contribution is 2.19. The Morgan fingerprint density at radius 3 is 2.67 bits per heavy atom. The van der Waals surface area contributed by atoms with Gasteiger partial charge in [0, 0.05) is 11.6 Å². The Balaban J connectivity index is 1.73. The standard InChI is InChI=1S/C21H21ClFN3O/c1-2-4-20-19(14-25-26(20)18-9-7-16(22)8-10-18)21(27)24-12-11-15-5-3-6-17(23)13-15/h3,5-10,13-14H,2,4,11-12H2,1H3,(H,24,27). The van der Waals surface area contributed by atoms with Gasteiger partial charge in [-0.05, 0) is 54.8 Å². The molecule has 0 spiro atoms. The van der Waals surface area contributed by atoms with E-state index in [1.807, 2.05) is 18.2 Å². The van der Waals surface area contributed by atoms with Gasteiger partial charge in [-0.1, -0.05) is 37.1 Å². The molecule has 0 saturated carbocycles. The average Bonchev–Trinajstić information content (AvgIpc) is 3.06. The molecule has 1 amide bonds. The smallest absolute Gasteiger partial charge is 0.254 e. The van der Waals surface area contributed by atoms with E-state index in [0.29, 0.717) is 23.6 Å². The molecule has 0 aliphatic rings. The molecule has 0 aliphatic heterocycles. The number of nitrogens with zero attached hydrogens (tertiary/aromatic N) is 2. The summed E-state index contributed by atoms with van der Waals surface area (Å²) in [5.41, 5.74) is 3.14. The van der Waals surface area contributed by atoms with Gasteiger partial charge in [0.1, 0.15) is 5.82 Å². The van der Waals surface area contributed by atoms with Gasteiger partial charge in [-0.15, -0.1) is 0 Å². The molecule has 2 aromatic carbocycles. The number of carbonyl (C=O) groups is 1. The molecule has 1 N–H and O–H groups in total. The van der Waals surface area contributed by atoms with E-state index in [1.165, 1.54) is 12.1 Å². The molecular weight excluding hydrogens is 365 g/mol. The number of hydrogen-bond donors (Lipinski definition) is 1. The van der Waals surface area contributed by atoms with Crippen LogP contribution in [0.5, 0.6) is 0 Å². The number of amides is 1. The van der Waals surface area contributed by atoms with Crippen molar-refractivity contribution in [2.75, 3.05) is 6.54 Å². The Kier molecular flexibility index (Phi) is 6.24. The van der Waals surface area contributed by atoms with Crippen molar-refractivity contribution in [3.8, 4) is 5.69 Å².